The second-order valence-corrected chi connectivity index (χ2v) is 11.1. The molecule has 3 aromatic heterocycles. The van der Waals surface area contributed by atoms with Crippen LogP contribution in [0.25, 0.3) is 22.4 Å². The largest absolute Gasteiger partial charge is 0.437 e. The number of piperazine rings is 1. The van der Waals surface area contributed by atoms with E-state index in [2.05, 4.69) is 46.2 Å². The van der Waals surface area contributed by atoms with E-state index in [4.69, 9.17) is 14.7 Å². The van der Waals surface area contributed by atoms with Crippen molar-refractivity contribution in [1.82, 2.24) is 29.3 Å². The van der Waals surface area contributed by atoms with Gasteiger partial charge in [-0.05, 0) is 80.1 Å². The fourth-order valence-electron chi connectivity index (χ4n) is 5.37. The van der Waals surface area contributed by atoms with Crippen LogP contribution in [0.3, 0.4) is 0 Å². The first kappa shape index (κ1) is 27.6. The molecule has 1 aliphatic heterocycles. The van der Waals surface area contributed by atoms with Crippen LogP contribution in [-0.4, -0.2) is 68.5 Å². The number of amides is 1. The molecule has 1 fully saturated rings. The average Bonchev–Trinajstić information content (AvgIpc) is 3.36. The molecule has 0 aliphatic carbocycles. The van der Waals surface area contributed by atoms with Crippen molar-refractivity contribution in [2.24, 2.45) is 7.05 Å². The summed E-state index contributed by atoms with van der Waals surface area (Å²) in [5.74, 6) is 1.30. The molecular weight excluding hydrogens is 526 g/mol. The number of carbonyl (C=O) groups excluding carboxylic acids is 1. The smallest absolute Gasteiger partial charge is 0.256 e. The van der Waals surface area contributed by atoms with E-state index in [0.29, 0.717) is 23.0 Å². The number of hydrogen-bond donors (Lipinski definition) is 1. The Bertz CT molecular complexity index is 1740. The Balaban J connectivity index is 1.24. The molecular formula is C33H35N7O2. The Kier molecular flexibility index (Phi) is 7.69. The molecule has 1 amide bonds. The van der Waals surface area contributed by atoms with Gasteiger partial charge >= 0.3 is 0 Å². The second-order valence-electron chi connectivity index (χ2n) is 11.1. The maximum Gasteiger partial charge on any atom is 0.256 e. The molecule has 214 valence electrons. The number of aryl methyl sites for hydroxylation is 3. The van der Waals surface area contributed by atoms with Crippen LogP contribution < -0.4 is 10.1 Å². The number of carbonyl (C=O) groups is 1. The maximum absolute atomic E-state index is 13.5. The molecule has 0 atom stereocenters. The summed E-state index contributed by atoms with van der Waals surface area (Å²) < 4.78 is 8.27. The zero-order chi connectivity index (χ0) is 29.2. The van der Waals surface area contributed by atoms with Crippen molar-refractivity contribution in [3.05, 3.63) is 95.4 Å². The highest BCUT2D eigenvalue weighted by Gasteiger charge is 2.18. The number of fused-ring (bicyclic) bond motifs is 1. The van der Waals surface area contributed by atoms with Gasteiger partial charge in [0.2, 0.25) is 5.88 Å². The van der Waals surface area contributed by atoms with Crippen molar-refractivity contribution in [2.75, 3.05) is 38.5 Å². The molecule has 9 heteroatoms. The summed E-state index contributed by atoms with van der Waals surface area (Å²) in [5, 5.41) is 3.12. The molecule has 6 rings (SSSR count). The van der Waals surface area contributed by atoms with Crippen molar-refractivity contribution < 1.29 is 9.53 Å². The predicted octanol–water partition coefficient (Wildman–Crippen LogP) is 5.44. The topological polar surface area (TPSA) is 88.4 Å². The molecule has 0 bridgehead atoms. The Morgan fingerprint density at radius 1 is 0.929 bits per heavy atom. The van der Waals surface area contributed by atoms with E-state index in [1.807, 2.05) is 61.1 Å². The van der Waals surface area contributed by atoms with Gasteiger partial charge in [-0.3, -0.25) is 14.7 Å². The van der Waals surface area contributed by atoms with Crippen molar-refractivity contribution >= 4 is 22.6 Å². The fourth-order valence-corrected chi connectivity index (χ4v) is 5.37. The van der Waals surface area contributed by atoms with Gasteiger partial charge in [-0.25, -0.2) is 4.98 Å². The first-order valence-corrected chi connectivity index (χ1v) is 14.2. The van der Waals surface area contributed by atoms with Gasteiger partial charge in [0, 0.05) is 75.2 Å². The lowest BCUT2D eigenvalue weighted by molar-refractivity contribution is 0.102. The van der Waals surface area contributed by atoms with E-state index in [1.54, 1.807) is 18.5 Å². The van der Waals surface area contributed by atoms with Gasteiger partial charge in [-0.2, -0.15) is 4.98 Å². The molecule has 5 aromatic rings. The van der Waals surface area contributed by atoms with Crippen LogP contribution in [0, 0.1) is 13.8 Å². The molecule has 1 saturated heterocycles. The number of anilines is 1. The molecule has 1 N–H and O–H groups in total. The number of pyridine rings is 1. The van der Waals surface area contributed by atoms with Crippen LogP contribution in [0.15, 0.2) is 73.2 Å². The third-order valence-electron chi connectivity index (χ3n) is 7.69. The predicted molar refractivity (Wildman–Crippen MR) is 165 cm³/mol. The monoisotopic (exact) mass is 561 g/mol. The van der Waals surface area contributed by atoms with Crippen LogP contribution in [0.2, 0.25) is 0 Å². The minimum Gasteiger partial charge on any atom is -0.437 e. The molecule has 1 aliphatic rings. The molecule has 4 heterocycles. The Morgan fingerprint density at radius 2 is 1.71 bits per heavy atom. The SMILES string of the molecule is Cc1cc(CN2CCN(C)CC2)cc(NC(=O)c2cc(Oc3nc(-c4ccncc4)nc4ccn(C)c34)ccc2C)c1. The third-order valence-corrected chi connectivity index (χ3v) is 7.69. The quantitative estimate of drug-likeness (QED) is 0.283. The van der Waals surface area contributed by atoms with E-state index >= 15 is 0 Å². The Hall–Kier alpha value is -4.60. The zero-order valence-electron chi connectivity index (χ0n) is 24.5. The lowest BCUT2D eigenvalue weighted by Gasteiger charge is -2.32. The normalized spacial score (nSPS) is 14.3. The van der Waals surface area contributed by atoms with E-state index in [0.717, 1.165) is 66.1 Å². The summed E-state index contributed by atoms with van der Waals surface area (Å²) in [5.41, 5.74) is 6.89. The van der Waals surface area contributed by atoms with Gasteiger partial charge < -0.3 is 19.5 Å². The highest BCUT2D eigenvalue weighted by Crippen LogP contribution is 2.31. The summed E-state index contributed by atoms with van der Waals surface area (Å²) in [6, 6.07) is 17.5. The zero-order valence-corrected chi connectivity index (χ0v) is 24.5. The lowest BCUT2D eigenvalue weighted by atomic mass is 10.1. The highest BCUT2D eigenvalue weighted by atomic mass is 16.5. The van der Waals surface area contributed by atoms with Crippen LogP contribution >= 0.6 is 0 Å². The number of aromatic nitrogens is 4. The van der Waals surface area contributed by atoms with Crippen molar-refractivity contribution in [2.45, 2.75) is 20.4 Å². The summed E-state index contributed by atoms with van der Waals surface area (Å²) in [4.78, 5) is 31.9. The van der Waals surface area contributed by atoms with Crippen LogP contribution in [0.4, 0.5) is 5.69 Å². The summed E-state index contributed by atoms with van der Waals surface area (Å²) in [6.45, 7) is 9.10. The van der Waals surface area contributed by atoms with E-state index in [1.165, 1.54) is 5.56 Å². The third kappa shape index (κ3) is 6.02. The number of benzene rings is 2. The van der Waals surface area contributed by atoms with Gasteiger partial charge in [0.05, 0.1) is 5.52 Å². The van der Waals surface area contributed by atoms with E-state index < -0.39 is 0 Å². The van der Waals surface area contributed by atoms with Gasteiger partial charge in [-0.1, -0.05) is 12.1 Å². The summed E-state index contributed by atoms with van der Waals surface area (Å²) in [6.07, 6.45) is 5.35. The number of likely N-dealkylation sites (N-methyl/N-ethyl adjacent to an activating group) is 1. The number of rotatable bonds is 7. The van der Waals surface area contributed by atoms with Crippen LogP contribution in [0.5, 0.6) is 11.6 Å². The van der Waals surface area contributed by atoms with Crippen molar-refractivity contribution in [3.63, 3.8) is 0 Å². The minimum absolute atomic E-state index is 0.182. The first-order valence-electron chi connectivity index (χ1n) is 14.2. The van der Waals surface area contributed by atoms with E-state index in [9.17, 15) is 4.79 Å². The number of ether oxygens (including phenoxy) is 1. The molecule has 42 heavy (non-hydrogen) atoms. The second kappa shape index (κ2) is 11.7. The number of hydrogen-bond acceptors (Lipinski definition) is 7. The van der Waals surface area contributed by atoms with Gasteiger partial charge in [0.1, 0.15) is 11.3 Å². The summed E-state index contributed by atoms with van der Waals surface area (Å²) >= 11 is 0. The van der Waals surface area contributed by atoms with Crippen LogP contribution in [-0.2, 0) is 13.6 Å². The molecule has 0 radical (unpaired) electrons. The van der Waals surface area contributed by atoms with E-state index in [-0.39, 0.29) is 5.91 Å². The minimum atomic E-state index is -0.182. The molecule has 9 nitrogen and oxygen atoms in total. The summed E-state index contributed by atoms with van der Waals surface area (Å²) in [7, 11) is 4.09. The number of nitrogens with zero attached hydrogens (tertiary/aromatic N) is 6. The highest BCUT2D eigenvalue weighted by molar-refractivity contribution is 6.05. The lowest BCUT2D eigenvalue weighted by Crippen LogP contribution is -2.43. The fraction of sp³-hybridized carbons (Fsp3) is 0.273. The van der Waals surface area contributed by atoms with Gasteiger partial charge in [0.25, 0.3) is 5.91 Å². The molecule has 0 spiro atoms. The molecule has 0 saturated carbocycles. The molecule has 0 unspecified atom stereocenters. The van der Waals surface area contributed by atoms with Gasteiger partial charge in [0.15, 0.2) is 5.82 Å². The first-order chi connectivity index (χ1) is 20.3. The average molecular weight is 562 g/mol. The Morgan fingerprint density at radius 3 is 2.50 bits per heavy atom. The van der Waals surface area contributed by atoms with Crippen molar-refractivity contribution in [3.8, 4) is 23.0 Å². The standard InChI is InChI=1S/C33H35N7O2/c1-22-17-24(21-40-15-13-38(3)14-16-40)19-26(18-22)35-32(41)28-20-27(6-5-23(28)2)42-33-30-29(9-12-39(30)4)36-31(37-33)25-7-10-34-11-8-25/h5-12,17-20H,13-16,21H2,1-4H3,(H,35,41). The Labute approximate surface area is 245 Å². The molecule has 2 aromatic carbocycles. The van der Waals surface area contributed by atoms with Crippen molar-refractivity contribution in [1.29, 1.82) is 0 Å². The van der Waals surface area contributed by atoms with Crippen LogP contribution in [0.1, 0.15) is 27.0 Å². The maximum atomic E-state index is 13.5. The number of nitrogens with one attached hydrogen (secondary N) is 1. The van der Waals surface area contributed by atoms with Gasteiger partial charge in [-0.15, -0.1) is 0 Å².